The standard InChI is InChI=1S/C4H7IO/c1-4(6)2-3-5/h2-3H2,1H3. The van der Waals surface area contributed by atoms with E-state index in [0.29, 0.717) is 0 Å². The fraction of sp³-hybridized carbons (Fsp3) is 0.750. The lowest BCUT2D eigenvalue weighted by atomic mass is 10.4. The third-order valence-corrected chi connectivity index (χ3v) is 0.986. The average molecular weight is 198 g/mol. The van der Waals surface area contributed by atoms with Gasteiger partial charge in [0.2, 0.25) is 0 Å². The number of rotatable bonds is 2. The van der Waals surface area contributed by atoms with Crippen molar-refractivity contribution in [3.63, 3.8) is 0 Å². The molecule has 1 nitrogen and oxygen atoms in total. The van der Waals surface area contributed by atoms with Crippen molar-refractivity contribution in [3.05, 3.63) is 0 Å². The highest BCUT2D eigenvalue weighted by atomic mass is 127. The minimum absolute atomic E-state index is 0.282. The third kappa shape index (κ3) is 4.40. The third-order valence-electron chi connectivity index (χ3n) is 0.447. The number of alkyl halides is 1. The molecule has 0 heterocycles. The van der Waals surface area contributed by atoms with Crippen LogP contribution in [0.1, 0.15) is 13.3 Å². The van der Waals surface area contributed by atoms with Gasteiger partial charge in [0, 0.05) is 10.8 Å². The first-order valence-corrected chi connectivity index (χ1v) is 3.35. The van der Waals surface area contributed by atoms with Crippen LogP contribution in [0.5, 0.6) is 0 Å². The van der Waals surface area contributed by atoms with Gasteiger partial charge in [-0.15, -0.1) is 0 Å². The van der Waals surface area contributed by atoms with Gasteiger partial charge in [0.15, 0.2) is 0 Å². The summed E-state index contributed by atoms with van der Waals surface area (Å²) >= 11 is 2.18. The molecular formula is C4H7IO. The van der Waals surface area contributed by atoms with Crippen LogP contribution >= 0.6 is 22.6 Å². The predicted molar refractivity (Wildman–Crippen MR) is 34.2 cm³/mol. The SMILES string of the molecule is CC(=O)CCI. The summed E-state index contributed by atoms with van der Waals surface area (Å²) in [4.78, 5) is 10.0. The number of hydrogen-bond donors (Lipinski definition) is 0. The lowest BCUT2D eigenvalue weighted by Crippen LogP contribution is -1.87. The van der Waals surface area contributed by atoms with E-state index in [-0.39, 0.29) is 5.78 Å². The topological polar surface area (TPSA) is 17.1 Å². The van der Waals surface area contributed by atoms with Crippen LogP contribution in [0, 0.1) is 0 Å². The van der Waals surface area contributed by atoms with Gasteiger partial charge in [0.25, 0.3) is 0 Å². The van der Waals surface area contributed by atoms with Crippen LogP contribution in [0.4, 0.5) is 0 Å². The molecule has 0 fully saturated rings. The summed E-state index contributed by atoms with van der Waals surface area (Å²) in [6.07, 6.45) is 0.723. The Kier molecular flexibility index (Phi) is 3.82. The first kappa shape index (κ1) is 6.40. The maximum atomic E-state index is 10.0. The fourth-order valence-corrected chi connectivity index (χ4v) is 0.893. The van der Waals surface area contributed by atoms with E-state index >= 15 is 0 Å². The second-order valence-corrected chi connectivity index (χ2v) is 2.22. The Hall–Kier alpha value is 0.400. The summed E-state index contributed by atoms with van der Waals surface area (Å²) in [5, 5.41) is 0. The van der Waals surface area contributed by atoms with Crippen LogP contribution in [0.25, 0.3) is 0 Å². The van der Waals surface area contributed by atoms with Gasteiger partial charge in [0.05, 0.1) is 0 Å². The van der Waals surface area contributed by atoms with Crippen LogP contribution in [0.15, 0.2) is 0 Å². The van der Waals surface area contributed by atoms with Gasteiger partial charge in [-0.05, 0) is 6.92 Å². The molecule has 0 aliphatic rings. The molecule has 0 aromatic heterocycles. The molecule has 0 amide bonds. The van der Waals surface area contributed by atoms with E-state index in [2.05, 4.69) is 22.6 Å². The van der Waals surface area contributed by atoms with Gasteiger partial charge in [-0.25, -0.2) is 0 Å². The van der Waals surface area contributed by atoms with Gasteiger partial charge in [0.1, 0.15) is 5.78 Å². The quantitative estimate of drug-likeness (QED) is 0.484. The number of carbonyl (C=O) groups excluding carboxylic acids is 1. The van der Waals surface area contributed by atoms with Crippen LogP contribution in [-0.4, -0.2) is 10.2 Å². The molecule has 0 aromatic rings. The molecule has 0 aliphatic carbocycles. The highest BCUT2D eigenvalue weighted by Gasteiger charge is 1.84. The average Bonchev–Trinajstić information content (AvgIpc) is 1.35. The van der Waals surface area contributed by atoms with Crippen molar-refractivity contribution in [2.24, 2.45) is 0 Å². The summed E-state index contributed by atoms with van der Waals surface area (Å²) in [7, 11) is 0. The van der Waals surface area contributed by atoms with Crippen LogP contribution in [0.2, 0.25) is 0 Å². The van der Waals surface area contributed by atoms with E-state index in [9.17, 15) is 4.79 Å². The van der Waals surface area contributed by atoms with Gasteiger partial charge in [-0.1, -0.05) is 22.6 Å². The first-order valence-electron chi connectivity index (χ1n) is 1.82. The molecule has 0 saturated carbocycles. The second kappa shape index (κ2) is 3.59. The Morgan fingerprint density at radius 1 is 1.83 bits per heavy atom. The van der Waals surface area contributed by atoms with E-state index in [1.165, 1.54) is 0 Å². The Bertz CT molecular complexity index is 51.5. The zero-order valence-corrected chi connectivity index (χ0v) is 5.86. The zero-order valence-electron chi connectivity index (χ0n) is 3.70. The smallest absolute Gasteiger partial charge is 0.130 e. The summed E-state index contributed by atoms with van der Waals surface area (Å²) in [6, 6.07) is 0. The molecule has 0 rings (SSSR count). The molecule has 0 bridgehead atoms. The molecule has 0 radical (unpaired) electrons. The van der Waals surface area contributed by atoms with Gasteiger partial charge < -0.3 is 4.79 Å². The lowest BCUT2D eigenvalue weighted by molar-refractivity contribution is -0.116. The fourth-order valence-electron chi connectivity index (χ4n) is 0.133. The van der Waals surface area contributed by atoms with E-state index in [1.807, 2.05) is 0 Å². The molecule has 0 N–H and O–H groups in total. The van der Waals surface area contributed by atoms with Gasteiger partial charge in [-0.3, -0.25) is 0 Å². The van der Waals surface area contributed by atoms with Crippen LogP contribution in [-0.2, 0) is 4.79 Å². The van der Waals surface area contributed by atoms with Crippen LogP contribution < -0.4 is 0 Å². The lowest BCUT2D eigenvalue weighted by Gasteiger charge is -1.79. The normalized spacial score (nSPS) is 8.33. The Balaban J connectivity index is 2.83. The minimum Gasteiger partial charge on any atom is -0.300 e. The van der Waals surface area contributed by atoms with E-state index in [1.54, 1.807) is 6.92 Å². The predicted octanol–water partition coefficient (Wildman–Crippen LogP) is 1.40. The molecular weight excluding hydrogens is 191 g/mol. The Morgan fingerprint density at radius 3 is 2.33 bits per heavy atom. The summed E-state index contributed by atoms with van der Waals surface area (Å²) in [6.45, 7) is 1.61. The Morgan fingerprint density at radius 2 is 2.33 bits per heavy atom. The number of carbonyl (C=O) groups is 1. The molecule has 0 atom stereocenters. The zero-order chi connectivity index (χ0) is 4.99. The van der Waals surface area contributed by atoms with Crippen molar-refractivity contribution in [2.75, 3.05) is 4.43 Å². The van der Waals surface area contributed by atoms with Crippen molar-refractivity contribution < 1.29 is 4.79 Å². The molecule has 0 aromatic carbocycles. The highest BCUT2D eigenvalue weighted by Crippen LogP contribution is 1.87. The number of Topliss-reactive ketones (excluding diaryl/α,β-unsaturated/α-hetero) is 1. The van der Waals surface area contributed by atoms with Crippen molar-refractivity contribution in [2.45, 2.75) is 13.3 Å². The second-order valence-electron chi connectivity index (χ2n) is 1.14. The molecule has 0 unspecified atom stereocenters. The monoisotopic (exact) mass is 198 g/mol. The molecule has 0 saturated heterocycles. The maximum absolute atomic E-state index is 10.0. The molecule has 6 heavy (non-hydrogen) atoms. The van der Waals surface area contributed by atoms with Crippen LogP contribution in [0.3, 0.4) is 0 Å². The molecule has 36 valence electrons. The summed E-state index contributed by atoms with van der Waals surface area (Å²) < 4.78 is 0.951. The number of hydrogen-bond acceptors (Lipinski definition) is 1. The summed E-state index contributed by atoms with van der Waals surface area (Å²) in [5.74, 6) is 0.282. The highest BCUT2D eigenvalue weighted by molar-refractivity contribution is 14.1. The number of halogens is 1. The van der Waals surface area contributed by atoms with Gasteiger partial charge >= 0.3 is 0 Å². The van der Waals surface area contributed by atoms with Crippen molar-refractivity contribution in [1.29, 1.82) is 0 Å². The first-order chi connectivity index (χ1) is 2.77. The number of ketones is 1. The van der Waals surface area contributed by atoms with Crippen molar-refractivity contribution in [3.8, 4) is 0 Å². The van der Waals surface area contributed by atoms with Crippen molar-refractivity contribution >= 4 is 28.4 Å². The van der Waals surface area contributed by atoms with Crippen molar-refractivity contribution in [1.82, 2.24) is 0 Å². The van der Waals surface area contributed by atoms with E-state index < -0.39 is 0 Å². The Labute approximate surface area is 51.3 Å². The minimum atomic E-state index is 0.282. The largest absolute Gasteiger partial charge is 0.300 e. The van der Waals surface area contributed by atoms with E-state index in [0.717, 1.165) is 10.8 Å². The molecule has 0 spiro atoms. The maximum Gasteiger partial charge on any atom is 0.130 e. The summed E-state index contributed by atoms with van der Waals surface area (Å²) in [5.41, 5.74) is 0. The van der Waals surface area contributed by atoms with Gasteiger partial charge in [-0.2, -0.15) is 0 Å². The molecule has 2 heteroatoms. The molecule has 0 aliphatic heterocycles. The van der Waals surface area contributed by atoms with E-state index in [4.69, 9.17) is 0 Å².